The first-order valence-electron chi connectivity index (χ1n) is 7.05. The topological polar surface area (TPSA) is 29.5 Å². The van der Waals surface area contributed by atoms with Crippen LogP contribution >= 0.6 is 11.8 Å². The van der Waals surface area contributed by atoms with Crippen LogP contribution in [0.1, 0.15) is 0 Å². The summed E-state index contributed by atoms with van der Waals surface area (Å²) < 4.78 is 31.0. The fraction of sp³-hybridized carbons (Fsp3) is 0.235. The van der Waals surface area contributed by atoms with Gasteiger partial charge in [0.2, 0.25) is 5.91 Å². The maximum atomic E-state index is 12.8. The van der Waals surface area contributed by atoms with Gasteiger partial charge in [-0.15, -0.1) is 11.8 Å². The summed E-state index contributed by atoms with van der Waals surface area (Å²) in [6.45, 7) is 0.759. The number of hydrogen-bond donors (Lipinski definition) is 0. The van der Waals surface area contributed by atoms with Gasteiger partial charge in [0.15, 0.2) is 0 Å². The fourth-order valence-electron chi connectivity index (χ4n) is 1.74. The Kier molecular flexibility index (Phi) is 6.40. The summed E-state index contributed by atoms with van der Waals surface area (Å²) in [7, 11) is 1.70. The third-order valence-corrected chi connectivity index (χ3v) is 4.11. The molecule has 0 saturated carbocycles. The zero-order valence-electron chi connectivity index (χ0n) is 12.7. The van der Waals surface area contributed by atoms with Gasteiger partial charge in [0.25, 0.3) is 0 Å². The highest BCUT2D eigenvalue weighted by molar-refractivity contribution is 8.00. The van der Waals surface area contributed by atoms with Crippen molar-refractivity contribution in [2.24, 2.45) is 0 Å². The first-order valence-corrected chi connectivity index (χ1v) is 8.04. The number of hydrogen-bond acceptors (Lipinski definition) is 3. The van der Waals surface area contributed by atoms with E-state index in [0.29, 0.717) is 18.9 Å². The second-order valence-electron chi connectivity index (χ2n) is 4.86. The molecule has 0 fully saturated rings. The third kappa shape index (κ3) is 5.90. The van der Waals surface area contributed by atoms with E-state index in [9.17, 15) is 13.6 Å². The SMILES string of the molecule is CN(CCOc1ccc(F)cc1)C(=O)CSc1ccc(F)cc1. The van der Waals surface area contributed by atoms with Gasteiger partial charge in [-0.3, -0.25) is 4.79 Å². The minimum atomic E-state index is -0.317. The molecule has 0 aliphatic carbocycles. The van der Waals surface area contributed by atoms with Crippen molar-refractivity contribution in [2.45, 2.75) is 4.90 Å². The Labute approximate surface area is 138 Å². The van der Waals surface area contributed by atoms with Gasteiger partial charge >= 0.3 is 0 Å². The Morgan fingerprint density at radius 1 is 1.04 bits per heavy atom. The summed E-state index contributed by atoms with van der Waals surface area (Å²) in [5.74, 6) is 0.187. The Morgan fingerprint density at radius 3 is 2.22 bits per heavy atom. The van der Waals surface area contributed by atoms with Gasteiger partial charge in [-0.05, 0) is 48.5 Å². The molecule has 6 heteroatoms. The zero-order valence-corrected chi connectivity index (χ0v) is 13.5. The van der Waals surface area contributed by atoms with Gasteiger partial charge < -0.3 is 9.64 Å². The number of amides is 1. The molecule has 122 valence electrons. The van der Waals surface area contributed by atoms with Crippen LogP contribution < -0.4 is 4.74 Å². The molecule has 0 spiro atoms. The quantitative estimate of drug-likeness (QED) is 0.723. The van der Waals surface area contributed by atoms with E-state index in [4.69, 9.17) is 4.74 Å². The molecule has 0 aliphatic heterocycles. The molecule has 0 saturated heterocycles. The number of thioether (sulfide) groups is 1. The first kappa shape index (κ1) is 17.3. The molecule has 0 heterocycles. The first-order chi connectivity index (χ1) is 11.0. The van der Waals surface area contributed by atoms with Gasteiger partial charge in [0, 0.05) is 11.9 Å². The minimum Gasteiger partial charge on any atom is -0.492 e. The number of carbonyl (C=O) groups is 1. The van der Waals surface area contributed by atoms with Crippen molar-refractivity contribution in [1.29, 1.82) is 0 Å². The van der Waals surface area contributed by atoms with Crippen LogP contribution in [0.3, 0.4) is 0 Å². The molecule has 2 aromatic carbocycles. The molecular weight excluding hydrogens is 320 g/mol. The van der Waals surface area contributed by atoms with Crippen LogP contribution in [0, 0.1) is 11.6 Å². The maximum Gasteiger partial charge on any atom is 0.232 e. The number of likely N-dealkylation sites (N-methyl/N-ethyl adjacent to an activating group) is 1. The number of rotatable bonds is 7. The van der Waals surface area contributed by atoms with Crippen LogP contribution in [0.15, 0.2) is 53.4 Å². The third-order valence-electron chi connectivity index (χ3n) is 3.11. The summed E-state index contributed by atoms with van der Waals surface area (Å²) in [5, 5.41) is 0. The van der Waals surface area contributed by atoms with Gasteiger partial charge in [-0.1, -0.05) is 0 Å². The monoisotopic (exact) mass is 337 g/mol. The predicted octanol–water partition coefficient (Wildman–Crippen LogP) is 3.59. The van der Waals surface area contributed by atoms with E-state index in [2.05, 4.69) is 0 Å². The highest BCUT2D eigenvalue weighted by atomic mass is 32.2. The van der Waals surface area contributed by atoms with Crippen LogP contribution in [0.2, 0.25) is 0 Å². The average Bonchev–Trinajstić information content (AvgIpc) is 2.55. The van der Waals surface area contributed by atoms with Gasteiger partial charge in [0.1, 0.15) is 24.0 Å². The van der Waals surface area contributed by atoms with Gasteiger partial charge in [-0.2, -0.15) is 0 Å². The Bertz CT molecular complexity index is 632. The molecule has 0 atom stereocenters. The average molecular weight is 337 g/mol. The molecule has 23 heavy (non-hydrogen) atoms. The predicted molar refractivity (Wildman–Crippen MR) is 86.7 cm³/mol. The lowest BCUT2D eigenvalue weighted by Gasteiger charge is -2.17. The van der Waals surface area contributed by atoms with E-state index < -0.39 is 0 Å². The van der Waals surface area contributed by atoms with Gasteiger partial charge in [-0.25, -0.2) is 8.78 Å². The highest BCUT2D eigenvalue weighted by Gasteiger charge is 2.09. The Balaban J connectivity index is 1.70. The molecule has 0 radical (unpaired) electrons. The second kappa shape index (κ2) is 8.53. The number of nitrogens with zero attached hydrogens (tertiary/aromatic N) is 1. The van der Waals surface area contributed by atoms with Crippen molar-refractivity contribution in [3.05, 3.63) is 60.2 Å². The number of carbonyl (C=O) groups excluding carboxylic acids is 1. The van der Waals surface area contributed by atoms with Crippen LogP contribution in [-0.2, 0) is 4.79 Å². The standard InChI is InChI=1S/C17H17F2NO2S/c1-20(10-11-22-15-6-2-13(18)3-7-15)17(21)12-23-16-8-4-14(19)5-9-16/h2-9H,10-12H2,1H3. The van der Waals surface area contributed by atoms with Crippen LogP contribution in [0.5, 0.6) is 5.75 Å². The smallest absolute Gasteiger partial charge is 0.232 e. The molecule has 2 rings (SSSR count). The van der Waals surface area contributed by atoms with E-state index in [1.807, 2.05) is 0 Å². The molecule has 2 aromatic rings. The Hall–Kier alpha value is -2.08. The summed E-state index contributed by atoms with van der Waals surface area (Å²) in [4.78, 5) is 14.4. The summed E-state index contributed by atoms with van der Waals surface area (Å²) in [5.41, 5.74) is 0. The van der Waals surface area contributed by atoms with Crippen molar-refractivity contribution in [3.8, 4) is 5.75 Å². The fourth-order valence-corrected chi connectivity index (χ4v) is 2.58. The van der Waals surface area contributed by atoms with Crippen LogP contribution in [-0.4, -0.2) is 36.8 Å². The molecular formula is C17H17F2NO2S. The van der Waals surface area contributed by atoms with Crippen molar-refractivity contribution < 1.29 is 18.3 Å². The van der Waals surface area contributed by atoms with Gasteiger partial charge in [0.05, 0.1) is 12.3 Å². The molecule has 1 amide bonds. The van der Waals surface area contributed by atoms with E-state index in [0.717, 1.165) is 4.90 Å². The summed E-state index contributed by atoms with van der Waals surface area (Å²) >= 11 is 1.36. The van der Waals surface area contributed by atoms with E-state index >= 15 is 0 Å². The minimum absolute atomic E-state index is 0.0398. The lowest BCUT2D eigenvalue weighted by molar-refractivity contribution is -0.127. The molecule has 3 nitrogen and oxygen atoms in total. The molecule has 0 aliphatic rings. The second-order valence-corrected chi connectivity index (χ2v) is 5.91. The van der Waals surface area contributed by atoms with E-state index in [1.54, 1.807) is 36.2 Å². The number of benzene rings is 2. The molecule has 0 unspecified atom stereocenters. The zero-order chi connectivity index (χ0) is 16.7. The highest BCUT2D eigenvalue weighted by Crippen LogP contribution is 2.18. The molecule has 0 aromatic heterocycles. The normalized spacial score (nSPS) is 10.4. The van der Waals surface area contributed by atoms with Crippen LogP contribution in [0.25, 0.3) is 0 Å². The summed E-state index contributed by atoms with van der Waals surface area (Å²) in [6.07, 6.45) is 0. The maximum absolute atomic E-state index is 12.8. The Morgan fingerprint density at radius 2 is 1.61 bits per heavy atom. The van der Waals surface area contributed by atoms with E-state index in [1.165, 1.54) is 36.0 Å². The largest absolute Gasteiger partial charge is 0.492 e. The van der Waals surface area contributed by atoms with Crippen molar-refractivity contribution in [1.82, 2.24) is 4.90 Å². The molecule has 0 bridgehead atoms. The molecule has 0 N–H and O–H groups in total. The number of ether oxygens (including phenoxy) is 1. The lowest BCUT2D eigenvalue weighted by Crippen LogP contribution is -2.32. The van der Waals surface area contributed by atoms with Crippen molar-refractivity contribution in [3.63, 3.8) is 0 Å². The van der Waals surface area contributed by atoms with Crippen molar-refractivity contribution in [2.75, 3.05) is 26.0 Å². The lowest BCUT2D eigenvalue weighted by atomic mass is 10.3. The number of halogens is 2. The van der Waals surface area contributed by atoms with E-state index in [-0.39, 0.29) is 23.3 Å². The van der Waals surface area contributed by atoms with Crippen molar-refractivity contribution >= 4 is 17.7 Å². The van der Waals surface area contributed by atoms with Crippen LogP contribution in [0.4, 0.5) is 8.78 Å². The summed E-state index contributed by atoms with van der Waals surface area (Å²) in [6, 6.07) is 11.8.